The number of nitrogens with one attached hydrogen (secondary N) is 1. The molecule has 0 saturated heterocycles. The number of benzene rings is 2. The number of para-hydroxylation sites is 1. The van der Waals surface area contributed by atoms with E-state index in [2.05, 4.69) is 15.3 Å². The Hall–Kier alpha value is -3.52. The van der Waals surface area contributed by atoms with E-state index < -0.39 is 0 Å². The summed E-state index contributed by atoms with van der Waals surface area (Å²) in [5, 5.41) is 11.5. The fourth-order valence-corrected chi connectivity index (χ4v) is 3.21. The van der Waals surface area contributed by atoms with E-state index in [1.165, 1.54) is 10.9 Å². The lowest BCUT2D eigenvalue weighted by Crippen LogP contribution is -2.20. The normalized spacial score (nSPS) is 11.4. The van der Waals surface area contributed by atoms with Crippen LogP contribution >= 0.6 is 12.2 Å². The van der Waals surface area contributed by atoms with Crippen LogP contribution in [-0.2, 0) is 7.05 Å². The SMILES string of the molecule is Cc1c(C=Nn2c(-c3ccccc3)n[nH]c2=S)c(=O)n(-c2ccccc2)n1C. The van der Waals surface area contributed by atoms with Crippen LogP contribution in [0.3, 0.4) is 0 Å². The summed E-state index contributed by atoms with van der Waals surface area (Å²) >= 11 is 5.30. The van der Waals surface area contributed by atoms with E-state index in [9.17, 15) is 4.79 Å². The topological polar surface area (TPSA) is 72.9 Å². The zero-order valence-electron chi connectivity index (χ0n) is 15.4. The molecule has 28 heavy (non-hydrogen) atoms. The van der Waals surface area contributed by atoms with Gasteiger partial charge in [-0.2, -0.15) is 14.9 Å². The van der Waals surface area contributed by atoms with Crippen molar-refractivity contribution in [2.75, 3.05) is 0 Å². The minimum absolute atomic E-state index is 0.147. The fourth-order valence-electron chi connectivity index (χ4n) is 3.03. The summed E-state index contributed by atoms with van der Waals surface area (Å²) in [7, 11) is 1.85. The van der Waals surface area contributed by atoms with E-state index in [4.69, 9.17) is 12.2 Å². The summed E-state index contributed by atoms with van der Waals surface area (Å²) in [6.45, 7) is 1.88. The molecular weight excluding hydrogens is 372 g/mol. The Balaban J connectivity index is 1.80. The summed E-state index contributed by atoms with van der Waals surface area (Å²) in [5.41, 5.74) is 2.81. The average Bonchev–Trinajstić information content (AvgIpc) is 3.19. The number of hydrogen-bond donors (Lipinski definition) is 1. The molecule has 0 spiro atoms. The molecule has 7 nitrogen and oxygen atoms in total. The average molecular weight is 390 g/mol. The van der Waals surface area contributed by atoms with Gasteiger partial charge in [0.05, 0.1) is 17.5 Å². The summed E-state index contributed by atoms with van der Waals surface area (Å²) in [6, 6.07) is 19.1. The first kappa shape index (κ1) is 17.9. The van der Waals surface area contributed by atoms with Gasteiger partial charge in [0.1, 0.15) is 0 Å². The smallest absolute Gasteiger partial charge is 0.280 e. The Morgan fingerprint density at radius 2 is 1.71 bits per heavy atom. The molecule has 2 aromatic heterocycles. The lowest BCUT2D eigenvalue weighted by molar-refractivity contribution is 0.630. The minimum atomic E-state index is -0.147. The van der Waals surface area contributed by atoms with Crippen molar-refractivity contribution in [3.63, 3.8) is 0 Å². The molecular formula is C20H18N6OS. The second-order valence-corrected chi connectivity index (χ2v) is 6.64. The van der Waals surface area contributed by atoms with Gasteiger partial charge in [0.2, 0.25) is 4.77 Å². The molecule has 0 aliphatic carbocycles. The van der Waals surface area contributed by atoms with Crippen molar-refractivity contribution in [3.05, 3.63) is 87.0 Å². The Bertz CT molecular complexity index is 1260. The molecule has 4 rings (SSSR count). The number of aromatic nitrogens is 5. The molecule has 0 unspecified atom stereocenters. The maximum atomic E-state index is 13.0. The molecule has 0 amide bonds. The Labute approximate surface area is 166 Å². The molecule has 8 heteroatoms. The van der Waals surface area contributed by atoms with Gasteiger partial charge in [-0.25, -0.2) is 9.78 Å². The van der Waals surface area contributed by atoms with E-state index in [1.807, 2.05) is 79.3 Å². The van der Waals surface area contributed by atoms with Crippen molar-refractivity contribution in [1.82, 2.24) is 24.2 Å². The predicted molar refractivity (Wildman–Crippen MR) is 112 cm³/mol. The van der Waals surface area contributed by atoms with E-state index in [1.54, 1.807) is 4.68 Å². The first-order chi connectivity index (χ1) is 13.6. The first-order valence-electron chi connectivity index (χ1n) is 8.69. The second-order valence-electron chi connectivity index (χ2n) is 6.25. The second kappa shape index (κ2) is 7.24. The lowest BCUT2D eigenvalue weighted by Gasteiger charge is -2.07. The molecule has 0 bridgehead atoms. The summed E-state index contributed by atoms with van der Waals surface area (Å²) < 4.78 is 5.30. The highest BCUT2D eigenvalue weighted by atomic mass is 32.1. The van der Waals surface area contributed by atoms with Crippen LogP contribution in [0.4, 0.5) is 0 Å². The van der Waals surface area contributed by atoms with Crippen molar-refractivity contribution in [2.24, 2.45) is 12.1 Å². The van der Waals surface area contributed by atoms with E-state index in [0.717, 1.165) is 16.9 Å². The molecule has 2 aromatic carbocycles. The zero-order chi connectivity index (χ0) is 19.7. The molecule has 0 fully saturated rings. The van der Waals surface area contributed by atoms with Crippen LogP contribution in [0.1, 0.15) is 11.3 Å². The summed E-state index contributed by atoms with van der Waals surface area (Å²) in [4.78, 5) is 13.0. The number of hydrogen-bond acceptors (Lipinski definition) is 4. The molecule has 1 N–H and O–H groups in total. The molecule has 2 heterocycles. The number of aromatic amines is 1. The zero-order valence-corrected chi connectivity index (χ0v) is 16.2. The van der Waals surface area contributed by atoms with Crippen LogP contribution in [0.5, 0.6) is 0 Å². The standard InChI is InChI=1S/C20H18N6OS/c1-14-17(19(27)26(24(14)2)16-11-7-4-8-12-16)13-21-25-18(22-23-20(25)28)15-9-5-3-6-10-15/h3-13H,1-2H3,(H,23,28). The van der Waals surface area contributed by atoms with E-state index >= 15 is 0 Å². The van der Waals surface area contributed by atoms with Crippen molar-refractivity contribution in [3.8, 4) is 17.1 Å². The Morgan fingerprint density at radius 3 is 2.39 bits per heavy atom. The summed E-state index contributed by atoms with van der Waals surface area (Å²) in [6.07, 6.45) is 1.54. The van der Waals surface area contributed by atoms with Crippen molar-refractivity contribution in [1.29, 1.82) is 0 Å². The van der Waals surface area contributed by atoms with Crippen molar-refractivity contribution >= 4 is 18.4 Å². The van der Waals surface area contributed by atoms with Crippen LogP contribution in [0, 0.1) is 11.7 Å². The highest BCUT2D eigenvalue weighted by molar-refractivity contribution is 7.71. The summed E-state index contributed by atoms with van der Waals surface area (Å²) in [5.74, 6) is 0.582. The third-order valence-corrected chi connectivity index (χ3v) is 4.85. The monoisotopic (exact) mass is 390 g/mol. The number of rotatable bonds is 4. The molecule has 4 aromatic rings. The predicted octanol–water partition coefficient (Wildman–Crippen LogP) is 3.29. The maximum absolute atomic E-state index is 13.0. The molecule has 0 saturated carbocycles. The van der Waals surface area contributed by atoms with Gasteiger partial charge in [-0.15, -0.1) is 0 Å². The van der Waals surface area contributed by atoms with Crippen LogP contribution in [-0.4, -0.2) is 30.5 Å². The molecule has 0 atom stereocenters. The number of nitrogens with zero attached hydrogens (tertiary/aromatic N) is 5. The van der Waals surface area contributed by atoms with Crippen molar-refractivity contribution < 1.29 is 0 Å². The van der Waals surface area contributed by atoms with E-state index in [-0.39, 0.29) is 5.56 Å². The van der Waals surface area contributed by atoms with Crippen molar-refractivity contribution in [2.45, 2.75) is 6.92 Å². The fraction of sp³-hybridized carbons (Fsp3) is 0.100. The number of H-pyrrole nitrogens is 1. The molecule has 0 radical (unpaired) electrons. The quantitative estimate of drug-likeness (QED) is 0.429. The Morgan fingerprint density at radius 1 is 1.07 bits per heavy atom. The lowest BCUT2D eigenvalue weighted by atomic mass is 10.2. The molecule has 140 valence electrons. The largest absolute Gasteiger partial charge is 0.285 e. The van der Waals surface area contributed by atoms with Gasteiger partial charge < -0.3 is 0 Å². The van der Waals surface area contributed by atoms with Crippen LogP contribution in [0.2, 0.25) is 0 Å². The molecule has 0 aliphatic heterocycles. The highest BCUT2D eigenvalue weighted by Crippen LogP contribution is 2.16. The van der Waals surface area contributed by atoms with Crippen LogP contribution in [0.25, 0.3) is 17.1 Å². The van der Waals surface area contributed by atoms with Gasteiger partial charge in [0, 0.05) is 18.3 Å². The van der Waals surface area contributed by atoms with Gasteiger partial charge in [-0.05, 0) is 31.3 Å². The van der Waals surface area contributed by atoms with Gasteiger partial charge in [-0.3, -0.25) is 9.48 Å². The van der Waals surface area contributed by atoms with E-state index in [0.29, 0.717) is 16.2 Å². The van der Waals surface area contributed by atoms with Gasteiger partial charge in [0.15, 0.2) is 5.82 Å². The Kier molecular flexibility index (Phi) is 4.62. The highest BCUT2D eigenvalue weighted by Gasteiger charge is 2.15. The van der Waals surface area contributed by atoms with Gasteiger partial charge in [-0.1, -0.05) is 48.5 Å². The van der Waals surface area contributed by atoms with Gasteiger partial charge >= 0.3 is 0 Å². The minimum Gasteiger partial charge on any atom is -0.285 e. The maximum Gasteiger partial charge on any atom is 0.280 e. The third kappa shape index (κ3) is 3.03. The van der Waals surface area contributed by atoms with Gasteiger partial charge in [0.25, 0.3) is 5.56 Å². The third-order valence-electron chi connectivity index (χ3n) is 4.58. The van der Waals surface area contributed by atoms with Crippen LogP contribution in [0.15, 0.2) is 70.6 Å². The van der Waals surface area contributed by atoms with Crippen LogP contribution < -0.4 is 5.56 Å². The molecule has 0 aliphatic rings. The first-order valence-corrected chi connectivity index (χ1v) is 9.10.